The number of piperidine rings is 1. The van der Waals surface area contributed by atoms with Gasteiger partial charge in [-0.3, -0.25) is 14.7 Å². The molecule has 0 amide bonds. The number of rotatable bonds is 4. The molecule has 1 N–H and O–H groups in total. The van der Waals surface area contributed by atoms with Crippen LogP contribution in [0, 0.1) is 6.92 Å². The molecular weight excluding hydrogens is 328 g/mol. The van der Waals surface area contributed by atoms with Crippen LogP contribution in [0.2, 0.25) is 0 Å². The molecule has 1 aliphatic rings. The van der Waals surface area contributed by atoms with E-state index < -0.39 is 0 Å². The molecule has 0 bridgehead atoms. The van der Waals surface area contributed by atoms with E-state index in [0.29, 0.717) is 17.4 Å². The zero-order chi connectivity index (χ0) is 17.9. The van der Waals surface area contributed by atoms with Crippen LogP contribution < -0.4 is 5.56 Å². The van der Waals surface area contributed by atoms with Crippen LogP contribution in [0.4, 0.5) is 0 Å². The van der Waals surface area contributed by atoms with Gasteiger partial charge in [-0.2, -0.15) is 0 Å². The van der Waals surface area contributed by atoms with Gasteiger partial charge in [-0.1, -0.05) is 6.07 Å². The van der Waals surface area contributed by atoms with Crippen molar-refractivity contribution < 1.29 is 4.42 Å². The highest BCUT2D eigenvalue weighted by molar-refractivity contribution is 5.48. The van der Waals surface area contributed by atoms with Crippen molar-refractivity contribution in [3.63, 3.8) is 0 Å². The Hall–Kier alpha value is -2.73. The summed E-state index contributed by atoms with van der Waals surface area (Å²) >= 11 is 0. The Labute approximate surface area is 151 Å². The Balaban J connectivity index is 1.46. The summed E-state index contributed by atoms with van der Waals surface area (Å²) in [7, 11) is 0. The topological polar surface area (TPSA) is 75.0 Å². The average Bonchev–Trinajstić information content (AvgIpc) is 3.07. The lowest BCUT2D eigenvalue weighted by Gasteiger charge is -2.31. The maximum atomic E-state index is 12.1. The van der Waals surface area contributed by atoms with Crippen LogP contribution in [0.25, 0.3) is 11.5 Å². The second-order valence-corrected chi connectivity index (χ2v) is 6.80. The fourth-order valence-corrected chi connectivity index (χ4v) is 3.49. The number of furan rings is 1. The maximum absolute atomic E-state index is 12.1. The molecule has 1 saturated heterocycles. The molecule has 6 nitrogen and oxygen atoms in total. The molecule has 0 unspecified atom stereocenters. The summed E-state index contributed by atoms with van der Waals surface area (Å²) < 4.78 is 5.67. The fourth-order valence-electron chi connectivity index (χ4n) is 3.49. The molecule has 1 fully saturated rings. The van der Waals surface area contributed by atoms with Gasteiger partial charge in [-0.15, -0.1) is 0 Å². The molecule has 4 heterocycles. The number of hydrogen-bond acceptors (Lipinski definition) is 5. The predicted octanol–water partition coefficient (Wildman–Crippen LogP) is 3.11. The van der Waals surface area contributed by atoms with Gasteiger partial charge in [0.25, 0.3) is 5.56 Å². The van der Waals surface area contributed by atoms with Crippen LogP contribution in [-0.4, -0.2) is 32.9 Å². The first kappa shape index (κ1) is 16.7. The second-order valence-electron chi connectivity index (χ2n) is 6.80. The van der Waals surface area contributed by atoms with Crippen LogP contribution in [-0.2, 0) is 6.54 Å². The number of aromatic amines is 1. The van der Waals surface area contributed by atoms with E-state index in [1.165, 1.54) is 0 Å². The number of aryl methyl sites for hydroxylation is 1. The fraction of sp³-hybridized carbons (Fsp3) is 0.350. The van der Waals surface area contributed by atoms with Crippen LogP contribution in [0.3, 0.4) is 0 Å². The molecule has 3 aromatic rings. The van der Waals surface area contributed by atoms with Crippen molar-refractivity contribution in [2.45, 2.75) is 32.2 Å². The Kier molecular flexibility index (Phi) is 4.67. The van der Waals surface area contributed by atoms with E-state index in [2.05, 4.69) is 19.9 Å². The van der Waals surface area contributed by atoms with Gasteiger partial charge in [-0.05, 0) is 57.1 Å². The summed E-state index contributed by atoms with van der Waals surface area (Å²) in [4.78, 5) is 26.2. The molecule has 0 atom stereocenters. The molecule has 6 heteroatoms. The summed E-state index contributed by atoms with van der Waals surface area (Å²) in [6.45, 7) is 4.74. The Morgan fingerprint density at radius 2 is 2.08 bits per heavy atom. The minimum absolute atomic E-state index is 0.121. The molecule has 3 aromatic heterocycles. The summed E-state index contributed by atoms with van der Waals surface area (Å²) in [5.41, 5.74) is 1.43. The van der Waals surface area contributed by atoms with Gasteiger partial charge in [0.2, 0.25) is 0 Å². The first-order chi connectivity index (χ1) is 12.7. The molecular formula is C20H22N4O2. The lowest BCUT2D eigenvalue weighted by Crippen LogP contribution is -2.33. The largest absolute Gasteiger partial charge is 0.465 e. The maximum Gasteiger partial charge on any atom is 0.251 e. The van der Waals surface area contributed by atoms with Gasteiger partial charge in [0.15, 0.2) is 5.82 Å². The van der Waals surface area contributed by atoms with Crippen molar-refractivity contribution in [1.29, 1.82) is 0 Å². The summed E-state index contributed by atoms with van der Waals surface area (Å²) in [5.74, 6) is 2.80. The number of H-pyrrole nitrogens is 1. The summed E-state index contributed by atoms with van der Waals surface area (Å²) in [5, 5.41) is 0. The van der Waals surface area contributed by atoms with E-state index in [1.54, 1.807) is 12.3 Å². The molecule has 1 aliphatic heterocycles. The molecule has 0 radical (unpaired) electrons. The normalized spacial score (nSPS) is 16.0. The van der Waals surface area contributed by atoms with Crippen LogP contribution in [0.1, 0.15) is 36.0 Å². The minimum Gasteiger partial charge on any atom is -0.465 e. The van der Waals surface area contributed by atoms with Crippen molar-refractivity contribution >= 4 is 0 Å². The number of likely N-dealkylation sites (tertiary alicyclic amines) is 1. The third kappa shape index (κ3) is 3.75. The number of hydrogen-bond donors (Lipinski definition) is 1. The highest BCUT2D eigenvalue weighted by atomic mass is 16.3. The average molecular weight is 350 g/mol. The van der Waals surface area contributed by atoms with E-state index in [1.807, 2.05) is 37.3 Å². The Bertz CT molecular complexity index is 924. The van der Waals surface area contributed by atoms with Crippen molar-refractivity contribution in [2.75, 3.05) is 13.1 Å². The lowest BCUT2D eigenvalue weighted by molar-refractivity contribution is 0.189. The zero-order valence-electron chi connectivity index (χ0n) is 14.8. The van der Waals surface area contributed by atoms with Gasteiger partial charge in [0.05, 0.1) is 12.2 Å². The highest BCUT2D eigenvalue weighted by Gasteiger charge is 2.23. The van der Waals surface area contributed by atoms with Gasteiger partial charge in [0, 0.05) is 18.2 Å². The minimum atomic E-state index is -0.121. The third-order valence-electron chi connectivity index (χ3n) is 4.85. The number of nitrogens with one attached hydrogen (secondary N) is 1. The molecule has 0 spiro atoms. The van der Waals surface area contributed by atoms with Gasteiger partial charge < -0.3 is 9.40 Å². The number of nitrogens with zero attached hydrogens (tertiary/aromatic N) is 3. The first-order valence-corrected chi connectivity index (χ1v) is 8.98. The molecule has 0 saturated carbocycles. The van der Waals surface area contributed by atoms with Crippen molar-refractivity contribution in [3.8, 4) is 11.5 Å². The Morgan fingerprint density at radius 3 is 2.77 bits per heavy atom. The van der Waals surface area contributed by atoms with E-state index >= 15 is 0 Å². The zero-order valence-corrected chi connectivity index (χ0v) is 14.8. The molecule has 134 valence electrons. The molecule has 0 aliphatic carbocycles. The van der Waals surface area contributed by atoms with E-state index in [0.717, 1.165) is 49.7 Å². The van der Waals surface area contributed by atoms with Crippen LogP contribution in [0.15, 0.2) is 51.8 Å². The van der Waals surface area contributed by atoms with E-state index in [9.17, 15) is 4.79 Å². The number of aromatic nitrogens is 3. The van der Waals surface area contributed by atoms with Crippen molar-refractivity contribution in [3.05, 3.63) is 70.2 Å². The second kappa shape index (κ2) is 7.25. The van der Waals surface area contributed by atoms with Crippen LogP contribution >= 0.6 is 0 Å². The predicted molar refractivity (Wildman–Crippen MR) is 98.8 cm³/mol. The smallest absolute Gasteiger partial charge is 0.251 e. The van der Waals surface area contributed by atoms with E-state index in [4.69, 9.17) is 4.42 Å². The monoisotopic (exact) mass is 350 g/mol. The van der Waals surface area contributed by atoms with Gasteiger partial charge in [0.1, 0.15) is 17.2 Å². The van der Waals surface area contributed by atoms with Gasteiger partial charge in [-0.25, -0.2) is 4.98 Å². The molecule has 4 rings (SSSR count). The standard InChI is InChI=1S/C20H22N4O2/c1-14-5-6-16(26-14)13-24-10-7-15(8-11-24)18-12-19(25)23-20(22-18)17-4-2-3-9-21-17/h2-6,9,12,15H,7-8,10-11,13H2,1H3,(H,22,23,25). The summed E-state index contributed by atoms with van der Waals surface area (Å²) in [6, 6.07) is 11.3. The van der Waals surface area contributed by atoms with Crippen molar-refractivity contribution in [2.24, 2.45) is 0 Å². The summed E-state index contributed by atoms with van der Waals surface area (Å²) in [6.07, 6.45) is 3.67. The highest BCUT2D eigenvalue weighted by Crippen LogP contribution is 2.27. The lowest BCUT2D eigenvalue weighted by atomic mass is 9.93. The Morgan fingerprint density at radius 1 is 1.23 bits per heavy atom. The first-order valence-electron chi connectivity index (χ1n) is 8.98. The van der Waals surface area contributed by atoms with Gasteiger partial charge >= 0.3 is 0 Å². The SMILES string of the molecule is Cc1ccc(CN2CCC(c3cc(=O)[nH]c(-c4ccccn4)n3)CC2)o1. The third-order valence-corrected chi connectivity index (χ3v) is 4.85. The quantitative estimate of drug-likeness (QED) is 0.782. The number of pyridine rings is 1. The molecule has 0 aromatic carbocycles. The van der Waals surface area contributed by atoms with Crippen LogP contribution in [0.5, 0.6) is 0 Å². The van der Waals surface area contributed by atoms with E-state index in [-0.39, 0.29) is 5.56 Å². The molecule has 26 heavy (non-hydrogen) atoms. The van der Waals surface area contributed by atoms with Crippen molar-refractivity contribution in [1.82, 2.24) is 19.9 Å².